The Hall–Kier alpha value is -1.61. The molecule has 0 aliphatic rings. The summed E-state index contributed by atoms with van der Waals surface area (Å²) in [5.41, 5.74) is 0.180. The van der Waals surface area contributed by atoms with E-state index in [0.29, 0.717) is 19.6 Å². The van der Waals surface area contributed by atoms with E-state index in [1.165, 1.54) is 6.08 Å². The molecular weight excluding hydrogens is 216 g/mol. The van der Waals surface area contributed by atoms with Gasteiger partial charge >= 0.3 is 5.97 Å². The maximum atomic E-state index is 11.0. The molecule has 0 saturated heterocycles. The van der Waals surface area contributed by atoms with Gasteiger partial charge in [-0.3, -0.25) is 4.79 Å². The van der Waals surface area contributed by atoms with Crippen LogP contribution in [0.3, 0.4) is 0 Å². The quantitative estimate of drug-likeness (QED) is 0.583. The van der Waals surface area contributed by atoms with Crippen molar-refractivity contribution in [1.29, 1.82) is 0 Å². The van der Waals surface area contributed by atoms with Gasteiger partial charge in [0.25, 0.3) is 0 Å². The van der Waals surface area contributed by atoms with Crippen LogP contribution in [0.25, 0.3) is 0 Å². The molecule has 0 spiro atoms. The maximum Gasteiger partial charge on any atom is 0.313 e. The molecule has 0 aliphatic carbocycles. The highest BCUT2D eigenvalue weighted by molar-refractivity contribution is 5.76. The third kappa shape index (κ3) is 4.04. The monoisotopic (exact) mass is 234 g/mol. The Morgan fingerprint density at radius 2 is 2.12 bits per heavy atom. The van der Waals surface area contributed by atoms with Gasteiger partial charge in [-0.2, -0.15) is 0 Å². The Morgan fingerprint density at radius 3 is 2.65 bits per heavy atom. The zero-order valence-electron chi connectivity index (χ0n) is 10.1. The van der Waals surface area contributed by atoms with Crippen LogP contribution < -0.4 is 0 Å². The van der Waals surface area contributed by atoms with Gasteiger partial charge in [-0.15, -0.1) is 6.58 Å². The Balaban J connectivity index is 2.33. The van der Waals surface area contributed by atoms with Crippen LogP contribution in [0.4, 0.5) is 0 Å². The molecule has 0 fully saturated rings. The van der Waals surface area contributed by atoms with E-state index in [-0.39, 0.29) is 0 Å². The lowest BCUT2D eigenvalue weighted by atomic mass is 9.88. The fourth-order valence-electron chi connectivity index (χ4n) is 1.34. The van der Waals surface area contributed by atoms with Gasteiger partial charge in [-0.1, -0.05) is 36.4 Å². The van der Waals surface area contributed by atoms with Crippen LogP contribution in [0.5, 0.6) is 0 Å². The number of aliphatic carboxylic acids is 1. The number of rotatable bonds is 7. The number of hydrogen-bond acceptors (Lipinski definition) is 2. The zero-order valence-corrected chi connectivity index (χ0v) is 10.1. The van der Waals surface area contributed by atoms with Crippen LogP contribution in [-0.2, 0) is 16.1 Å². The van der Waals surface area contributed by atoms with Crippen molar-refractivity contribution in [1.82, 2.24) is 0 Å². The summed E-state index contributed by atoms with van der Waals surface area (Å²) in [6, 6.07) is 9.80. The van der Waals surface area contributed by atoms with Crippen molar-refractivity contribution in [2.24, 2.45) is 5.41 Å². The standard InChI is InChI=1S/C14H18O3/c1-3-14(2,13(15)16)9-10-17-11-12-7-5-4-6-8-12/h3-8H,1,9-11H2,2H3,(H,15,16). The Kier molecular flexibility index (Phi) is 4.91. The van der Waals surface area contributed by atoms with Crippen LogP contribution in [0, 0.1) is 5.41 Å². The van der Waals surface area contributed by atoms with Crippen LogP contribution in [0.1, 0.15) is 18.9 Å². The van der Waals surface area contributed by atoms with E-state index in [4.69, 9.17) is 9.84 Å². The van der Waals surface area contributed by atoms with E-state index in [1.54, 1.807) is 6.92 Å². The van der Waals surface area contributed by atoms with Gasteiger partial charge in [0.2, 0.25) is 0 Å². The first-order chi connectivity index (χ1) is 8.08. The van der Waals surface area contributed by atoms with Crippen molar-refractivity contribution in [3.63, 3.8) is 0 Å². The number of benzene rings is 1. The molecule has 1 atom stereocenters. The summed E-state index contributed by atoms with van der Waals surface area (Å²) in [7, 11) is 0. The normalized spacial score (nSPS) is 13.9. The van der Waals surface area contributed by atoms with Gasteiger partial charge in [-0.25, -0.2) is 0 Å². The lowest BCUT2D eigenvalue weighted by Gasteiger charge is -2.19. The first kappa shape index (κ1) is 13.5. The van der Waals surface area contributed by atoms with E-state index in [2.05, 4.69) is 6.58 Å². The van der Waals surface area contributed by atoms with Crippen molar-refractivity contribution in [2.75, 3.05) is 6.61 Å². The summed E-state index contributed by atoms with van der Waals surface area (Å²) in [5.74, 6) is -0.865. The smallest absolute Gasteiger partial charge is 0.313 e. The van der Waals surface area contributed by atoms with Crippen molar-refractivity contribution < 1.29 is 14.6 Å². The van der Waals surface area contributed by atoms with Crippen molar-refractivity contribution in [3.05, 3.63) is 48.6 Å². The molecule has 3 nitrogen and oxygen atoms in total. The molecule has 1 rings (SSSR count). The molecule has 3 heteroatoms. The Morgan fingerprint density at radius 1 is 1.47 bits per heavy atom. The minimum atomic E-state index is -0.906. The predicted molar refractivity (Wildman–Crippen MR) is 66.7 cm³/mol. The SMILES string of the molecule is C=CC(C)(CCOCc1ccccc1)C(=O)O. The molecule has 0 aliphatic heterocycles. The molecule has 1 unspecified atom stereocenters. The molecular formula is C14H18O3. The summed E-state index contributed by atoms with van der Waals surface area (Å²) < 4.78 is 5.46. The highest BCUT2D eigenvalue weighted by Gasteiger charge is 2.28. The van der Waals surface area contributed by atoms with Gasteiger partial charge in [0.15, 0.2) is 0 Å². The second-order valence-electron chi connectivity index (χ2n) is 4.21. The number of carbonyl (C=O) groups is 1. The molecule has 0 amide bonds. The average Bonchev–Trinajstić information content (AvgIpc) is 2.35. The molecule has 0 radical (unpaired) electrons. The van der Waals surface area contributed by atoms with Crippen molar-refractivity contribution in [2.45, 2.75) is 20.0 Å². The number of ether oxygens (including phenoxy) is 1. The van der Waals surface area contributed by atoms with Gasteiger partial charge in [0.1, 0.15) is 0 Å². The second-order valence-corrected chi connectivity index (χ2v) is 4.21. The summed E-state index contributed by atoms with van der Waals surface area (Å²) in [5, 5.41) is 9.02. The molecule has 1 N–H and O–H groups in total. The molecule has 0 aromatic heterocycles. The largest absolute Gasteiger partial charge is 0.481 e. The third-order valence-electron chi connectivity index (χ3n) is 2.82. The fraction of sp³-hybridized carbons (Fsp3) is 0.357. The first-order valence-corrected chi connectivity index (χ1v) is 5.57. The number of hydrogen-bond donors (Lipinski definition) is 1. The summed E-state index contributed by atoms with van der Waals surface area (Å²) >= 11 is 0. The zero-order chi connectivity index (χ0) is 12.7. The van der Waals surface area contributed by atoms with E-state index in [0.717, 1.165) is 5.56 Å². The van der Waals surface area contributed by atoms with Gasteiger partial charge < -0.3 is 9.84 Å². The lowest BCUT2D eigenvalue weighted by Crippen LogP contribution is -2.26. The van der Waals surface area contributed by atoms with Gasteiger partial charge in [0.05, 0.1) is 12.0 Å². The average molecular weight is 234 g/mol. The third-order valence-corrected chi connectivity index (χ3v) is 2.82. The van der Waals surface area contributed by atoms with E-state index in [1.807, 2.05) is 30.3 Å². The summed E-state index contributed by atoms with van der Waals surface area (Å²) in [6.45, 7) is 6.12. The molecule has 1 aromatic carbocycles. The maximum absolute atomic E-state index is 11.0. The lowest BCUT2D eigenvalue weighted by molar-refractivity contribution is -0.146. The predicted octanol–water partition coefficient (Wildman–Crippen LogP) is 2.87. The van der Waals surface area contributed by atoms with E-state index < -0.39 is 11.4 Å². The van der Waals surface area contributed by atoms with Crippen LogP contribution >= 0.6 is 0 Å². The van der Waals surface area contributed by atoms with Crippen LogP contribution in [0.15, 0.2) is 43.0 Å². The minimum absolute atomic E-state index is 0.406. The van der Waals surface area contributed by atoms with Gasteiger partial charge in [0, 0.05) is 6.61 Å². The van der Waals surface area contributed by atoms with Crippen molar-refractivity contribution in [3.8, 4) is 0 Å². The van der Waals surface area contributed by atoms with Crippen molar-refractivity contribution >= 4 is 5.97 Å². The molecule has 0 heterocycles. The van der Waals surface area contributed by atoms with Gasteiger partial charge in [-0.05, 0) is 18.9 Å². The Labute approximate surface area is 102 Å². The summed E-state index contributed by atoms with van der Waals surface area (Å²) in [4.78, 5) is 11.0. The highest BCUT2D eigenvalue weighted by Crippen LogP contribution is 2.23. The molecule has 17 heavy (non-hydrogen) atoms. The highest BCUT2D eigenvalue weighted by atomic mass is 16.5. The second kappa shape index (κ2) is 6.21. The topological polar surface area (TPSA) is 46.5 Å². The molecule has 92 valence electrons. The van der Waals surface area contributed by atoms with E-state index in [9.17, 15) is 4.79 Å². The first-order valence-electron chi connectivity index (χ1n) is 5.57. The summed E-state index contributed by atoms with van der Waals surface area (Å²) in [6.07, 6.45) is 1.89. The molecule has 0 saturated carbocycles. The molecule has 1 aromatic rings. The van der Waals surface area contributed by atoms with E-state index >= 15 is 0 Å². The number of carboxylic acids is 1. The Bertz CT molecular complexity index is 372. The van der Waals surface area contributed by atoms with Crippen LogP contribution in [0.2, 0.25) is 0 Å². The minimum Gasteiger partial charge on any atom is -0.481 e. The van der Waals surface area contributed by atoms with Crippen LogP contribution in [-0.4, -0.2) is 17.7 Å². The number of carboxylic acid groups (broad SMARTS) is 1. The fourth-order valence-corrected chi connectivity index (χ4v) is 1.34. The molecule has 0 bridgehead atoms.